The van der Waals surface area contributed by atoms with Crippen LogP contribution in [0.1, 0.15) is 15.9 Å². The molecule has 0 aliphatic rings. The Morgan fingerprint density at radius 2 is 2.08 bits per heavy atom. The number of hydrogen-bond acceptors (Lipinski definition) is 6. The zero-order valence-corrected chi connectivity index (χ0v) is 13.2. The van der Waals surface area contributed by atoms with Gasteiger partial charge in [-0.15, -0.1) is 0 Å². The third-order valence-electron chi connectivity index (χ3n) is 3.15. The lowest BCUT2D eigenvalue weighted by molar-refractivity contribution is -0.401. The molecule has 0 aliphatic heterocycles. The number of furan rings is 1. The lowest BCUT2D eigenvalue weighted by Crippen LogP contribution is -2.17. The van der Waals surface area contributed by atoms with Gasteiger partial charge in [0.05, 0.1) is 12.3 Å². The maximum absolute atomic E-state index is 11.9. The van der Waals surface area contributed by atoms with E-state index in [4.69, 9.17) is 16.0 Å². The summed E-state index contributed by atoms with van der Waals surface area (Å²) in [7, 11) is 0. The lowest BCUT2D eigenvalue weighted by atomic mass is 10.2. The highest BCUT2D eigenvalue weighted by molar-refractivity contribution is 6.30. The van der Waals surface area contributed by atoms with Gasteiger partial charge < -0.3 is 4.42 Å². The summed E-state index contributed by atoms with van der Waals surface area (Å²) in [5.74, 6) is -0.595. The number of carbonyl (C=O) groups is 1. The molecule has 10 heteroatoms. The second-order valence-corrected chi connectivity index (χ2v) is 5.23. The first-order valence-corrected chi connectivity index (χ1v) is 7.30. The molecule has 25 heavy (non-hydrogen) atoms. The first-order valence-electron chi connectivity index (χ1n) is 6.92. The van der Waals surface area contributed by atoms with Crippen LogP contribution in [-0.4, -0.2) is 27.2 Å². The number of amides is 1. The molecule has 3 rings (SSSR count). The number of hydrazone groups is 1. The molecule has 0 saturated heterocycles. The van der Waals surface area contributed by atoms with Gasteiger partial charge in [0.2, 0.25) is 0 Å². The fourth-order valence-electron chi connectivity index (χ4n) is 1.97. The van der Waals surface area contributed by atoms with Crippen LogP contribution in [0.15, 0.2) is 52.1 Å². The number of rotatable bonds is 5. The summed E-state index contributed by atoms with van der Waals surface area (Å²) >= 11 is 5.76. The summed E-state index contributed by atoms with van der Waals surface area (Å²) in [4.78, 5) is 22.0. The van der Waals surface area contributed by atoms with Crippen molar-refractivity contribution in [3.8, 4) is 11.5 Å². The molecule has 2 N–H and O–H groups in total. The van der Waals surface area contributed by atoms with Crippen LogP contribution >= 0.6 is 11.6 Å². The van der Waals surface area contributed by atoms with E-state index in [1.165, 1.54) is 24.5 Å². The van der Waals surface area contributed by atoms with Crippen molar-refractivity contribution in [1.29, 1.82) is 0 Å². The summed E-state index contributed by atoms with van der Waals surface area (Å²) in [6, 6.07) is 8.98. The number of halogens is 1. The molecule has 126 valence electrons. The third kappa shape index (κ3) is 3.72. The number of aromatic amines is 1. The molecule has 0 unspecified atom stereocenters. The zero-order valence-electron chi connectivity index (χ0n) is 12.5. The molecule has 3 aromatic rings. The Hall–Kier alpha value is -3.46. The quantitative estimate of drug-likeness (QED) is 0.411. The Morgan fingerprint density at radius 3 is 2.76 bits per heavy atom. The van der Waals surface area contributed by atoms with Crippen molar-refractivity contribution in [2.24, 2.45) is 5.10 Å². The molecule has 1 aromatic carbocycles. The van der Waals surface area contributed by atoms with Crippen molar-refractivity contribution in [2.45, 2.75) is 0 Å². The Balaban J connectivity index is 1.72. The van der Waals surface area contributed by atoms with Crippen LogP contribution in [0, 0.1) is 10.1 Å². The maximum atomic E-state index is 11.9. The predicted molar refractivity (Wildman–Crippen MR) is 89.5 cm³/mol. The molecular formula is C15H10ClN5O4. The van der Waals surface area contributed by atoms with Gasteiger partial charge in [0, 0.05) is 22.3 Å². The van der Waals surface area contributed by atoms with Crippen molar-refractivity contribution in [3.63, 3.8) is 0 Å². The first-order chi connectivity index (χ1) is 12.0. The van der Waals surface area contributed by atoms with Crippen LogP contribution in [0.3, 0.4) is 0 Å². The van der Waals surface area contributed by atoms with Gasteiger partial charge in [0.1, 0.15) is 10.6 Å². The van der Waals surface area contributed by atoms with Crippen LogP contribution in [0.4, 0.5) is 5.88 Å². The highest BCUT2D eigenvalue weighted by atomic mass is 35.5. The number of nitro groups is 1. The number of aromatic nitrogens is 2. The van der Waals surface area contributed by atoms with E-state index in [0.29, 0.717) is 21.8 Å². The summed E-state index contributed by atoms with van der Waals surface area (Å²) < 4.78 is 5.09. The van der Waals surface area contributed by atoms with Gasteiger partial charge in [-0.1, -0.05) is 11.6 Å². The van der Waals surface area contributed by atoms with Crippen molar-refractivity contribution < 1.29 is 14.1 Å². The Labute approximate surface area is 145 Å². The lowest BCUT2D eigenvalue weighted by Gasteiger charge is -1.99. The van der Waals surface area contributed by atoms with E-state index in [0.717, 1.165) is 0 Å². The molecule has 0 bridgehead atoms. The molecule has 0 spiro atoms. The second kappa shape index (κ2) is 6.97. The van der Waals surface area contributed by atoms with E-state index < -0.39 is 16.7 Å². The first kappa shape index (κ1) is 16.4. The number of H-pyrrole nitrogens is 1. The van der Waals surface area contributed by atoms with Crippen LogP contribution in [-0.2, 0) is 0 Å². The molecule has 0 fully saturated rings. The highest BCUT2D eigenvalue weighted by Crippen LogP contribution is 2.26. The summed E-state index contributed by atoms with van der Waals surface area (Å²) in [6.07, 6.45) is 2.86. The molecule has 9 nitrogen and oxygen atoms in total. The second-order valence-electron chi connectivity index (χ2n) is 4.79. The van der Waals surface area contributed by atoms with Gasteiger partial charge in [-0.05, 0) is 30.3 Å². The van der Waals surface area contributed by atoms with Crippen molar-refractivity contribution in [3.05, 3.63) is 68.9 Å². The molecule has 0 radical (unpaired) electrons. The normalized spacial score (nSPS) is 10.9. The zero-order chi connectivity index (χ0) is 17.8. The number of carbonyl (C=O) groups excluding carboxylic acids is 1. The average molecular weight is 360 g/mol. The molecule has 2 heterocycles. The summed E-state index contributed by atoms with van der Waals surface area (Å²) in [5, 5.41) is 21.6. The van der Waals surface area contributed by atoms with Crippen LogP contribution in [0.25, 0.3) is 11.5 Å². The Bertz CT molecular complexity index is 945. The van der Waals surface area contributed by atoms with Gasteiger partial charge in [0.25, 0.3) is 5.91 Å². The fraction of sp³-hybridized carbons (Fsp3) is 0. The molecule has 0 aliphatic carbocycles. The Morgan fingerprint density at radius 1 is 1.32 bits per heavy atom. The van der Waals surface area contributed by atoms with Crippen LogP contribution in [0.5, 0.6) is 0 Å². The Kier molecular flexibility index (Phi) is 4.57. The molecule has 1 amide bonds. The molecule has 0 saturated carbocycles. The van der Waals surface area contributed by atoms with Crippen molar-refractivity contribution in [1.82, 2.24) is 15.6 Å². The van der Waals surface area contributed by atoms with Crippen molar-refractivity contribution >= 4 is 29.6 Å². The van der Waals surface area contributed by atoms with Crippen LogP contribution in [0.2, 0.25) is 5.02 Å². The highest BCUT2D eigenvalue weighted by Gasteiger charge is 2.17. The SMILES string of the molecule is O=C(NN=Cc1c[nH]nc1-c1ccc([N+](=O)[O-])o1)c1ccc(Cl)cc1. The minimum atomic E-state index is -0.643. The van der Waals surface area contributed by atoms with Gasteiger partial charge in [-0.25, -0.2) is 5.43 Å². The van der Waals surface area contributed by atoms with Crippen molar-refractivity contribution in [2.75, 3.05) is 0 Å². The number of hydrogen-bond donors (Lipinski definition) is 2. The monoisotopic (exact) mass is 359 g/mol. The average Bonchev–Trinajstić information content (AvgIpc) is 3.24. The van der Waals surface area contributed by atoms with Gasteiger partial charge in [-0.2, -0.15) is 10.2 Å². The summed E-state index contributed by atoms with van der Waals surface area (Å²) in [6.45, 7) is 0. The minimum absolute atomic E-state index is 0.207. The smallest absolute Gasteiger partial charge is 0.399 e. The third-order valence-corrected chi connectivity index (χ3v) is 3.40. The topological polar surface area (TPSA) is 126 Å². The van der Waals surface area contributed by atoms with Gasteiger partial charge in [-0.3, -0.25) is 20.0 Å². The van der Waals surface area contributed by atoms with Crippen LogP contribution < -0.4 is 5.43 Å². The van der Waals surface area contributed by atoms with E-state index in [9.17, 15) is 14.9 Å². The number of benzene rings is 1. The van der Waals surface area contributed by atoms with E-state index in [2.05, 4.69) is 20.7 Å². The van der Waals surface area contributed by atoms with Gasteiger partial charge >= 0.3 is 5.88 Å². The largest absolute Gasteiger partial charge is 0.433 e. The number of nitrogens with zero attached hydrogens (tertiary/aromatic N) is 3. The van der Waals surface area contributed by atoms with Gasteiger partial charge in [0.15, 0.2) is 5.76 Å². The van der Waals surface area contributed by atoms with E-state index in [-0.39, 0.29) is 5.76 Å². The predicted octanol–water partition coefficient (Wildman–Crippen LogP) is 3.00. The standard InChI is InChI=1S/C15H10ClN5O4/c16-11-3-1-9(2-4-11)15(22)20-18-8-10-7-17-19-14(10)12-5-6-13(25-12)21(23)24/h1-8H,(H,17,19)(H,20,22). The molecule has 2 aromatic heterocycles. The van der Waals surface area contributed by atoms with E-state index in [1.807, 2.05) is 0 Å². The van der Waals surface area contributed by atoms with E-state index in [1.54, 1.807) is 24.3 Å². The molecule has 0 atom stereocenters. The minimum Gasteiger partial charge on any atom is -0.399 e. The molecular weight excluding hydrogens is 350 g/mol. The van der Waals surface area contributed by atoms with E-state index >= 15 is 0 Å². The summed E-state index contributed by atoms with van der Waals surface area (Å²) in [5.41, 5.74) is 3.58. The maximum Gasteiger partial charge on any atom is 0.433 e. The number of nitrogens with one attached hydrogen (secondary N) is 2. The fourth-order valence-corrected chi connectivity index (χ4v) is 2.10.